The molecule has 2 nitrogen and oxygen atoms in total. The maximum atomic E-state index is 3.73. The number of anilines is 2. The highest BCUT2D eigenvalue weighted by Gasteiger charge is 2.49. The first-order valence-electron chi connectivity index (χ1n) is 9.43. The summed E-state index contributed by atoms with van der Waals surface area (Å²) in [6.07, 6.45) is 3.78. The Morgan fingerprint density at radius 3 is 2.75 bits per heavy atom. The molecule has 0 radical (unpaired) electrons. The molecule has 5 rings (SSSR count). The van der Waals surface area contributed by atoms with Crippen molar-refractivity contribution in [2.75, 3.05) is 23.8 Å². The molecule has 2 aromatic rings. The number of para-hydroxylation sites is 2. The molecule has 1 saturated carbocycles. The molecule has 2 heteroatoms. The van der Waals surface area contributed by atoms with Crippen molar-refractivity contribution < 1.29 is 0 Å². The van der Waals surface area contributed by atoms with Gasteiger partial charge in [0.25, 0.3) is 0 Å². The van der Waals surface area contributed by atoms with E-state index < -0.39 is 0 Å². The van der Waals surface area contributed by atoms with Crippen LogP contribution in [0.4, 0.5) is 11.4 Å². The van der Waals surface area contributed by atoms with Crippen molar-refractivity contribution in [3.05, 3.63) is 59.2 Å². The molecule has 1 fully saturated rings. The molecule has 4 unspecified atom stereocenters. The molecular formula is C22H26N2. The topological polar surface area (TPSA) is 15.3 Å². The minimum atomic E-state index is 0.627. The van der Waals surface area contributed by atoms with Gasteiger partial charge in [-0.25, -0.2) is 0 Å². The second-order valence-corrected chi connectivity index (χ2v) is 7.91. The Morgan fingerprint density at radius 1 is 1.00 bits per heavy atom. The Kier molecular flexibility index (Phi) is 3.16. The van der Waals surface area contributed by atoms with Crippen LogP contribution in [0.3, 0.4) is 0 Å². The van der Waals surface area contributed by atoms with Gasteiger partial charge in [0, 0.05) is 36.9 Å². The fraction of sp³-hybridized carbons (Fsp3) is 0.455. The molecule has 1 aliphatic carbocycles. The zero-order chi connectivity index (χ0) is 16.3. The number of nitrogens with one attached hydrogen (secondary N) is 1. The smallest absolute Gasteiger partial charge is 0.0408 e. The van der Waals surface area contributed by atoms with Crippen LogP contribution in [-0.4, -0.2) is 19.6 Å². The second-order valence-electron chi connectivity index (χ2n) is 7.91. The summed E-state index contributed by atoms with van der Waals surface area (Å²) in [6, 6.07) is 16.7. The van der Waals surface area contributed by atoms with Crippen LogP contribution in [0.5, 0.6) is 0 Å². The summed E-state index contributed by atoms with van der Waals surface area (Å²) in [6.45, 7) is 3.58. The molecule has 124 valence electrons. The number of aryl methyl sites for hydroxylation is 1. The fourth-order valence-corrected chi connectivity index (χ4v) is 5.65. The average molecular weight is 318 g/mol. The van der Waals surface area contributed by atoms with Crippen LogP contribution in [0.2, 0.25) is 0 Å². The molecule has 1 N–H and O–H groups in total. The van der Waals surface area contributed by atoms with Gasteiger partial charge in [-0.2, -0.15) is 0 Å². The minimum absolute atomic E-state index is 0.627. The van der Waals surface area contributed by atoms with Gasteiger partial charge in [0.05, 0.1) is 0 Å². The predicted molar refractivity (Wildman–Crippen MR) is 101 cm³/mol. The Morgan fingerprint density at radius 2 is 1.83 bits per heavy atom. The molecule has 2 aliphatic heterocycles. The highest BCUT2D eigenvalue weighted by molar-refractivity contribution is 5.67. The lowest BCUT2D eigenvalue weighted by Crippen LogP contribution is -2.27. The fourth-order valence-electron chi connectivity index (χ4n) is 5.65. The van der Waals surface area contributed by atoms with E-state index in [9.17, 15) is 0 Å². The molecule has 3 aliphatic rings. The summed E-state index contributed by atoms with van der Waals surface area (Å²) >= 11 is 0. The van der Waals surface area contributed by atoms with Crippen molar-refractivity contribution in [2.45, 2.75) is 44.1 Å². The lowest BCUT2D eigenvalue weighted by Gasteiger charge is -2.29. The van der Waals surface area contributed by atoms with Crippen molar-refractivity contribution in [3.63, 3.8) is 0 Å². The van der Waals surface area contributed by atoms with Crippen LogP contribution in [-0.2, 0) is 6.42 Å². The SMILES string of the molecule is CC1CC2C(c3ccccc3N2C)C1c1cccc2c1NCCC2. The molecule has 0 amide bonds. The summed E-state index contributed by atoms with van der Waals surface area (Å²) in [4.78, 5) is 2.54. The maximum Gasteiger partial charge on any atom is 0.0408 e. The lowest BCUT2D eigenvalue weighted by molar-refractivity contribution is 0.505. The van der Waals surface area contributed by atoms with Crippen molar-refractivity contribution in [3.8, 4) is 0 Å². The molecule has 24 heavy (non-hydrogen) atoms. The van der Waals surface area contributed by atoms with E-state index in [2.05, 4.69) is 66.7 Å². The molecule has 0 bridgehead atoms. The molecular weight excluding hydrogens is 292 g/mol. The van der Waals surface area contributed by atoms with Gasteiger partial charge in [-0.05, 0) is 53.9 Å². The van der Waals surface area contributed by atoms with E-state index in [0.717, 1.165) is 12.5 Å². The first-order valence-corrected chi connectivity index (χ1v) is 9.43. The maximum absolute atomic E-state index is 3.73. The molecule has 0 spiro atoms. The first-order chi connectivity index (χ1) is 11.8. The Hall–Kier alpha value is -1.96. The lowest BCUT2D eigenvalue weighted by atomic mass is 9.78. The van der Waals surface area contributed by atoms with E-state index in [-0.39, 0.29) is 0 Å². The summed E-state index contributed by atoms with van der Waals surface area (Å²) in [5, 5.41) is 3.73. The Labute approximate surface area is 144 Å². The third kappa shape index (κ3) is 1.89. The predicted octanol–water partition coefficient (Wildman–Crippen LogP) is 4.77. The van der Waals surface area contributed by atoms with Gasteiger partial charge in [0.1, 0.15) is 0 Å². The standard InChI is InChI=1S/C22H26N2/c1-14-13-19-21(16-9-3-4-11-18(16)24(19)2)20(14)17-10-5-7-15-8-6-12-23-22(15)17/h3-5,7,9-11,14,19-21,23H,6,8,12-13H2,1-2H3. The van der Waals surface area contributed by atoms with Crippen LogP contribution >= 0.6 is 0 Å². The van der Waals surface area contributed by atoms with Crippen LogP contribution in [0, 0.1) is 5.92 Å². The van der Waals surface area contributed by atoms with E-state index in [0.29, 0.717) is 17.9 Å². The number of benzene rings is 2. The minimum Gasteiger partial charge on any atom is -0.385 e. The average Bonchev–Trinajstić information content (AvgIpc) is 3.09. The van der Waals surface area contributed by atoms with Crippen LogP contribution in [0.15, 0.2) is 42.5 Å². The quantitative estimate of drug-likeness (QED) is 0.815. The van der Waals surface area contributed by atoms with Crippen LogP contribution in [0.1, 0.15) is 48.3 Å². The monoisotopic (exact) mass is 318 g/mol. The van der Waals surface area contributed by atoms with Crippen molar-refractivity contribution in [1.29, 1.82) is 0 Å². The number of nitrogens with zero attached hydrogens (tertiary/aromatic N) is 1. The molecule has 0 saturated heterocycles. The summed E-state index contributed by atoms with van der Waals surface area (Å²) in [7, 11) is 2.29. The normalized spacial score (nSPS) is 30.5. The Balaban J connectivity index is 1.65. The number of rotatable bonds is 1. The molecule has 0 aromatic heterocycles. The van der Waals surface area contributed by atoms with Crippen LogP contribution < -0.4 is 10.2 Å². The third-order valence-corrected chi connectivity index (χ3v) is 6.67. The zero-order valence-corrected chi connectivity index (χ0v) is 14.6. The van der Waals surface area contributed by atoms with E-state index in [1.165, 1.54) is 36.2 Å². The molecule has 4 atom stereocenters. The van der Waals surface area contributed by atoms with Crippen LogP contribution in [0.25, 0.3) is 0 Å². The van der Waals surface area contributed by atoms with E-state index in [1.807, 2.05) is 0 Å². The summed E-state index contributed by atoms with van der Waals surface area (Å²) in [5.74, 6) is 1.99. The van der Waals surface area contributed by atoms with E-state index >= 15 is 0 Å². The van der Waals surface area contributed by atoms with E-state index in [1.54, 1.807) is 11.1 Å². The molecule has 2 heterocycles. The van der Waals surface area contributed by atoms with E-state index in [4.69, 9.17) is 0 Å². The number of fused-ring (bicyclic) bond motifs is 4. The summed E-state index contributed by atoms with van der Waals surface area (Å²) < 4.78 is 0. The van der Waals surface area contributed by atoms with Crippen molar-refractivity contribution in [1.82, 2.24) is 0 Å². The van der Waals surface area contributed by atoms with Gasteiger partial charge >= 0.3 is 0 Å². The van der Waals surface area contributed by atoms with Gasteiger partial charge in [-0.15, -0.1) is 0 Å². The largest absolute Gasteiger partial charge is 0.385 e. The van der Waals surface area contributed by atoms with Gasteiger partial charge in [0.2, 0.25) is 0 Å². The number of likely N-dealkylation sites (N-methyl/N-ethyl adjacent to an activating group) is 1. The second kappa shape index (κ2) is 5.27. The third-order valence-electron chi connectivity index (χ3n) is 6.67. The highest BCUT2D eigenvalue weighted by Crippen LogP contribution is 2.58. The summed E-state index contributed by atoms with van der Waals surface area (Å²) in [5.41, 5.74) is 7.55. The Bertz CT molecular complexity index is 781. The first kappa shape index (κ1) is 14.4. The van der Waals surface area contributed by atoms with Gasteiger partial charge in [0.15, 0.2) is 0 Å². The van der Waals surface area contributed by atoms with Crippen molar-refractivity contribution in [2.24, 2.45) is 5.92 Å². The zero-order valence-electron chi connectivity index (χ0n) is 14.6. The highest BCUT2D eigenvalue weighted by atomic mass is 15.2. The molecule has 2 aromatic carbocycles. The van der Waals surface area contributed by atoms with Gasteiger partial charge in [-0.3, -0.25) is 0 Å². The van der Waals surface area contributed by atoms with Crippen molar-refractivity contribution >= 4 is 11.4 Å². The number of hydrogen-bond donors (Lipinski definition) is 1. The number of hydrogen-bond acceptors (Lipinski definition) is 2. The van der Waals surface area contributed by atoms with Gasteiger partial charge in [-0.1, -0.05) is 43.3 Å². The van der Waals surface area contributed by atoms with Gasteiger partial charge < -0.3 is 10.2 Å².